The van der Waals surface area contributed by atoms with Crippen LogP contribution in [0.2, 0.25) is 0 Å². The maximum Gasteiger partial charge on any atom is 0.258 e. The number of nitrogens with zero attached hydrogens (tertiary/aromatic N) is 1. The van der Waals surface area contributed by atoms with Crippen LogP contribution in [0.1, 0.15) is 26.3 Å². The Morgan fingerprint density at radius 2 is 1.40 bits per heavy atom. The summed E-state index contributed by atoms with van der Waals surface area (Å²) in [4.78, 5) is 30.2. The second kappa shape index (κ2) is 12.5. The van der Waals surface area contributed by atoms with Crippen LogP contribution < -0.4 is 30.6 Å². The second-order valence-electron chi connectivity index (χ2n) is 8.77. The van der Waals surface area contributed by atoms with Crippen molar-refractivity contribution < 1.29 is 23.8 Å². The molecular weight excluding hydrogens is 508 g/mol. The first-order valence-electron chi connectivity index (χ1n) is 12.4. The zero-order chi connectivity index (χ0) is 28.6. The molecule has 0 saturated carbocycles. The van der Waals surface area contributed by atoms with Crippen molar-refractivity contribution in [2.75, 3.05) is 26.6 Å². The molecule has 0 aliphatic heterocycles. The van der Waals surface area contributed by atoms with Crippen molar-refractivity contribution in [3.05, 3.63) is 102 Å². The summed E-state index contributed by atoms with van der Waals surface area (Å²) in [6.45, 7) is 1.87. The van der Waals surface area contributed by atoms with E-state index in [4.69, 9.17) is 19.9 Å². The van der Waals surface area contributed by atoms with E-state index in [0.717, 1.165) is 16.7 Å². The van der Waals surface area contributed by atoms with Crippen LogP contribution in [0.15, 0.2) is 89.9 Å². The highest BCUT2D eigenvalue weighted by molar-refractivity contribution is 6.07. The van der Waals surface area contributed by atoms with Gasteiger partial charge in [0, 0.05) is 16.8 Å². The molecule has 2 amide bonds. The number of nitrogens with one attached hydrogen (secondary N) is 2. The molecule has 0 aliphatic rings. The third-order valence-corrected chi connectivity index (χ3v) is 6.12. The van der Waals surface area contributed by atoms with Crippen molar-refractivity contribution in [3.63, 3.8) is 0 Å². The minimum atomic E-state index is -0.514. The van der Waals surface area contributed by atoms with Crippen molar-refractivity contribution in [3.8, 4) is 28.4 Å². The lowest BCUT2D eigenvalue weighted by Crippen LogP contribution is -2.36. The highest BCUT2D eigenvalue weighted by atomic mass is 16.5. The van der Waals surface area contributed by atoms with Gasteiger partial charge < -0.3 is 25.3 Å². The fourth-order valence-corrected chi connectivity index (χ4v) is 4.05. The van der Waals surface area contributed by atoms with Gasteiger partial charge in [-0.25, -0.2) is 4.99 Å². The van der Waals surface area contributed by atoms with Crippen molar-refractivity contribution in [2.45, 2.75) is 6.92 Å². The van der Waals surface area contributed by atoms with Crippen LogP contribution in [0, 0.1) is 6.92 Å². The van der Waals surface area contributed by atoms with E-state index >= 15 is 0 Å². The van der Waals surface area contributed by atoms with Crippen LogP contribution >= 0.6 is 0 Å². The third kappa shape index (κ3) is 6.39. The lowest BCUT2D eigenvalue weighted by Gasteiger charge is -2.14. The largest absolute Gasteiger partial charge is 0.493 e. The van der Waals surface area contributed by atoms with Crippen LogP contribution in [-0.2, 0) is 0 Å². The predicted molar refractivity (Wildman–Crippen MR) is 156 cm³/mol. The maximum atomic E-state index is 13.1. The number of carbonyl (C=O) groups excluding carboxylic acids is 2. The van der Waals surface area contributed by atoms with Gasteiger partial charge in [-0.15, -0.1) is 0 Å². The maximum absolute atomic E-state index is 13.1. The van der Waals surface area contributed by atoms with Crippen LogP contribution in [0.25, 0.3) is 11.1 Å². The van der Waals surface area contributed by atoms with Crippen LogP contribution in [0.3, 0.4) is 0 Å². The summed E-state index contributed by atoms with van der Waals surface area (Å²) in [5.74, 6) is 0.122. The van der Waals surface area contributed by atoms with E-state index in [9.17, 15) is 9.59 Å². The SMILES string of the molecule is COc1cc(C(=O)NC(N)=Nc2ccc(C)c(NC(=O)c3cccc(-c4ccccc4)c3)c2)cc(OC)c1OC. The summed E-state index contributed by atoms with van der Waals surface area (Å²) in [6.07, 6.45) is 0. The van der Waals surface area contributed by atoms with Gasteiger partial charge in [-0.1, -0.05) is 48.5 Å². The first-order valence-corrected chi connectivity index (χ1v) is 12.4. The van der Waals surface area contributed by atoms with Crippen molar-refractivity contribution >= 4 is 29.1 Å². The number of rotatable bonds is 8. The van der Waals surface area contributed by atoms with E-state index in [1.54, 1.807) is 18.2 Å². The minimum absolute atomic E-state index is 0.129. The zero-order valence-electron chi connectivity index (χ0n) is 22.6. The normalized spacial score (nSPS) is 10.9. The van der Waals surface area contributed by atoms with Crippen molar-refractivity contribution in [1.29, 1.82) is 0 Å². The van der Waals surface area contributed by atoms with Gasteiger partial charge in [-0.05, 0) is 60.0 Å². The van der Waals surface area contributed by atoms with Gasteiger partial charge in [-0.3, -0.25) is 14.9 Å². The number of aliphatic imine (C=N–C) groups is 1. The van der Waals surface area contributed by atoms with Gasteiger partial charge >= 0.3 is 0 Å². The van der Waals surface area contributed by atoms with Gasteiger partial charge in [0.05, 0.1) is 27.0 Å². The molecule has 0 spiro atoms. The van der Waals surface area contributed by atoms with Gasteiger partial charge in [0.25, 0.3) is 11.8 Å². The molecule has 0 heterocycles. The van der Waals surface area contributed by atoms with Gasteiger partial charge in [0.1, 0.15) is 0 Å². The number of anilines is 1. The summed E-state index contributed by atoms with van der Waals surface area (Å²) < 4.78 is 15.9. The molecule has 0 atom stereocenters. The van der Waals surface area contributed by atoms with Crippen LogP contribution in [0.4, 0.5) is 11.4 Å². The quantitative estimate of drug-likeness (QED) is 0.206. The number of benzene rings is 4. The molecule has 9 nitrogen and oxygen atoms in total. The molecule has 4 aromatic carbocycles. The van der Waals surface area contributed by atoms with E-state index < -0.39 is 5.91 Å². The molecule has 40 heavy (non-hydrogen) atoms. The minimum Gasteiger partial charge on any atom is -0.493 e. The molecule has 4 aromatic rings. The predicted octanol–water partition coefficient (Wildman–Crippen LogP) is 5.32. The number of methoxy groups -OCH3 is 3. The Balaban J connectivity index is 1.50. The fourth-order valence-electron chi connectivity index (χ4n) is 4.05. The molecule has 9 heteroatoms. The molecule has 0 fully saturated rings. The number of amides is 2. The molecule has 0 saturated heterocycles. The first kappa shape index (κ1) is 27.7. The summed E-state index contributed by atoms with van der Waals surface area (Å²) >= 11 is 0. The summed E-state index contributed by atoms with van der Waals surface area (Å²) in [5, 5.41) is 5.50. The van der Waals surface area contributed by atoms with E-state index in [0.29, 0.717) is 34.2 Å². The molecule has 0 bridgehead atoms. The lowest BCUT2D eigenvalue weighted by atomic mass is 10.0. The number of carbonyl (C=O) groups is 2. The Bertz CT molecular complexity index is 1540. The molecule has 0 radical (unpaired) electrons. The average Bonchev–Trinajstić information content (AvgIpc) is 2.98. The number of aryl methyl sites for hydroxylation is 1. The monoisotopic (exact) mass is 538 g/mol. The number of ether oxygens (including phenoxy) is 3. The Morgan fingerprint density at radius 3 is 2.05 bits per heavy atom. The highest BCUT2D eigenvalue weighted by Crippen LogP contribution is 2.38. The number of hydrogen-bond donors (Lipinski definition) is 3. The molecular formula is C31H30N4O5. The second-order valence-corrected chi connectivity index (χ2v) is 8.77. The van der Waals surface area contributed by atoms with Gasteiger partial charge in [-0.2, -0.15) is 0 Å². The highest BCUT2D eigenvalue weighted by Gasteiger charge is 2.18. The topological polar surface area (TPSA) is 124 Å². The smallest absolute Gasteiger partial charge is 0.258 e. The Kier molecular flexibility index (Phi) is 8.65. The van der Waals surface area contributed by atoms with E-state index in [2.05, 4.69) is 15.6 Å². The summed E-state index contributed by atoms with van der Waals surface area (Å²) in [6, 6.07) is 25.5. The van der Waals surface area contributed by atoms with Gasteiger partial charge in [0.2, 0.25) is 11.7 Å². The fraction of sp³-hybridized carbons (Fsp3) is 0.129. The van der Waals surface area contributed by atoms with E-state index in [1.807, 2.05) is 61.5 Å². The average molecular weight is 539 g/mol. The molecule has 0 aliphatic carbocycles. The lowest BCUT2D eigenvalue weighted by molar-refractivity contribution is 0.0974. The van der Waals surface area contributed by atoms with E-state index in [-0.39, 0.29) is 17.4 Å². The first-order chi connectivity index (χ1) is 19.3. The van der Waals surface area contributed by atoms with E-state index in [1.165, 1.54) is 33.5 Å². The molecule has 204 valence electrons. The molecule has 0 unspecified atom stereocenters. The summed E-state index contributed by atoms with van der Waals surface area (Å²) in [7, 11) is 4.40. The van der Waals surface area contributed by atoms with Crippen molar-refractivity contribution in [1.82, 2.24) is 5.32 Å². The molecule has 0 aromatic heterocycles. The summed E-state index contributed by atoms with van der Waals surface area (Å²) in [5.41, 5.74) is 10.6. The van der Waals surface area contributed by atoms with Crippen LogP contribution in [-0.4, -0.2) is 39.1 Å². The number of guanidine groups is 1. The number of nitrogens with two attached hydrogens (primary N) is 1. The van der Waals surface area contributed by atoms with Gasteiger partial charge in [0.15, 0.2) is 11.5 Å². The zero-order valence-corrected chi connectivity index (χ0v) is 22.6. The Labute approximate surface area is 232 Å². The number of hydrogen-bond acceptors (Lipinski definition) is 6. The standard InChI is InChI=1S/C31H30N4O5/c1-19-13-14-24(33-31(32)35-30(37)23-16-26(38-2)28(40-4)27(17-23)39-3)18-25(19)34-29(36)22-12-8-11-21(15-22)20-9-6-5-7-10-20/h5-18H,1-4H3,(H,34,36)(H3,32,33,35,37). The Morgan fingerprint density at radius 1 is 0.725 bits per heavy atom. The Hall–Kier alpha value is -5.31. The van der Waals surface area contributed by atoms with Crippen LogP contribution in [0.5, 0.6) is 17.2 Å². The molecule has 4 N–H and O–H groups in total. The van der Waals surface area contributed by atoms with Crippen molar-refractivity contribution in [2.24, 2.45) is 10.7 Å². The third-order valence-electron chi connectivity index (χ3n) is 6.12. The molecule has 4 rings (SSSR count).